The van der Waals surface area contributed by atoms with Crippen molar-refractivity contribution in [3.63, 3.8) is 0 Å². The van der Waals surface area contributed by atoms with E-state index in [0.717, 1.165) is 18.4 Å². The van der Waals surface area contributed by atoms with Gasteiger partial charge in [0.25, 0.3) is 0 Å². The normalized spacial score (nSPS) is 12.4. The molecule has 112 valence electrons. The number of hydrogen-bond donors (Lipinski definition) is 2. The minimum Gasteiger partial charge on any atom is -0.491 e. The van der Waals surface area contributed by atoms with E-state index in [-0.39, 0.29) is 12.6 Å². The molecule has 3 N–H and O–H groups in total. The lowest BCUT2D eigenvalue weighted by molar-refractivity contribution is -0.138. The smallest absolute Gasteiger partial charge is 0.317 e. The maximum atomic E-state index is 10.7. The first-order chi connectivity index (χ1) is 9.43. The van der Waals surface area contributed by atoms with Crippen LogP contribution in [0, 0.1) is 0 Å². The third-order valence-corrected chi connectivity index (χ3v) is 3.20. The zero-order chi connectivity index (χ0) is 15.1. The number of carbonyl (C=O) groups is 1. The maximum Gasteiger partial charge on any atom is 0.317 e. The molecule has 20 heavy (non-hydrogen) atoms. The van der Waals surface area contributed by atoms with Gasteiger partial charge >= 0.3 is 5.97 Å². The van der Waals surface area contributed by atoms with Crippen LogP contribution in [0.25, 0.3) is 0 Å². The molecule has 0 fully saturated rings. The van der Waals surface area contributed by atoms with Crippen LogP contribution in [0.15, 0.2) is 18.2 Å². The monoisotopic (exact) mass is 280 g/mol. The van der Waals surface area contributed by atoms with E-state index < -0.39 is 5.97 Å². The molecule has 0 aliphatic heterocycles. The number of carboxylic acid groups (broad SMARTS) is 1. The Hall–Kier alpha value is -1.75. The van der Waals surface area contributed by atoms with Crippen LogP contribution in [0.3, 0.4) is 0 Å². The quantitative estimate of drug-likeness (QED) is 0.712. The molecule has 1 aromatic carbocycles. The number of nitrogens with two attached hydrogens (primary N) is 1. The number of anilines is 1. The third kappa shape index (κ3) is 5.09. The van der Waals surface area contributed by atoms with Gasteiger partial charge in [0, 0.05) is 6.04 Å². The number of nitrogen functional groups attached to an aromatic ring is 1. The summed E-state index contributed by atoms with van der Waals surface area (Å²) in [7, 11) is 1.81. The summed E-state index contributed by atoms with van der Waals surface area (Å²) < 4.78 is 5.53. The maximum absolute atomic E-state index is 10.7. The molecule has 0 bridgehead atoms. The van der Waals surface area contributed by atoms with Crippen molar-refractivity contribution >= 4 is 11.7 Å². The van der Waals surface area contributed by atoms with Crippen LogP contribution in [0.5, 0.6) is 5.75 Å². The molecule has 0 amide bonds. The largest absolute Gasteiger partial charge is 0.491 e. The minimum atomic E-state index is -0.817. The van der Waals surface area contributed by atoms with E-state index >= 15 is 0 Å². The van der Waals surface area contributed by atoms with Gasteiger partial charge in [-0.1, -0.05) is 13.0 Å². The topological polar surface area (TPSA) is 75.8 Å². The highest BCUT2D eigenvalue weighted by molar-refractivity contribution is 5.69. The van der Waals surface area contributed by atoms with Gasteiger partial charge in [0.2, 0.25) is 0 Å². The Balaban J connectivity index is 2.64. The van der Waals surface area contributed by atoms with Gasteiger partial charge in [0.1, 0.15) is 5.75 Å². The Morgan fingerprint density at radius 1 is 1.50 bits per heavy atom. The molecule has 0 aromatic heterocycles. The number of nitrogens with zero attached hydrogens (tertiary/aromatic N) is 1. The number of aliphatic carboxylic acids is 1. The fourth-order valence-corrected chi connectivity index (χ4v) is 1.93. The van der Waals surface area contributed by atoms with Gasteiger partial charge in [-0.05, 0) is 44.5 Å². The van der Waals surface area contributed by atoms with Crippen molar-refractivity contribution in [1.29, 1.82) is 0 Å². The molecule has 1 rings (SSSR count). The second kappa shape index (κ2) is 7.75. The lowest BCUT2D eigenvalue weighted by atomic mass is 10.1. The lowest BCUT2D eigenvalue weighted by Crippen LogP contribution is -2.35. The van der Waals surface area contributed by atoms with Gasteiger partial charge < -0.3 is 15.6 Å². The third-order valence-electron chi connectivity index (χ3n) is 3.20. The summed E-state index contributed by atoms with van der Waals surface area (Å²) in [5.41, 5.74) is 7.67. The van der Waals surface area contributed by atoms with E-state index in [9.17, 15) is 4.79 Å². The second-order valence-electron chi connectivity index (χ2n) is 5.08. The first-order valence-electron chi connectivity index (χ1n) is 6.87. The Labute approximate surface area is 120 Å². The molecule has 0 saturated carbocycles. The first kappa shape index (κ1) is 16.3. The Morgan fingerprint density at radius 3 is 2.75 bits per heavy atom. The highest BCUT2D eigenvalue weighted by atomic mass is 16.5. The molecule has 0 saturated heterocycles. The van der Waals surface area contributed by atoms with E-state index in [1.54, 1.807) is 11.9 Å². The standard InChI is InChI=1S/C15H24N2O3/c1-4-7-20-14-6-5-12(9-13(14)16)8-11(2)17(3)10-15(18)19/h5-6,9,11H,4,7-8,10,16H2,1-3H3,(H,18,19). The van der Waals surface area contributed by atoms with E-state index in [0.29, 0.717) is 18.0 Å². The summed E-state index contributed by atoms with van der Waals surface area (Å²) in [6, 6.07) is 5.89. The number of hydrogen-bond acceptors (Lipinski definition) is 4. The predicted octanol–water partition coefficient (Wildman–Crippen LogP) is 2.01. The van der Waals surface area contributed by atoms with Crippen LogP contribution < -0.4 is 10.5 Å². The zero-order valence-corrected chi connectivity index (χ0v) is 12.4. The number of benzene rings is 1. The Bertz CT molecular complexity index is 449. The summed E-state index contributed by atoms with van der Waals surface area (Å²) >= 11 is 0. The van der Waals surface area contributed by atoms with Crippen LogP contribution in [0.4, 0.5) is 5.69 Å². The summed E-state index contributed by atoms with van der Waals surface area (Å²) in [6.07, 6.45) is 1.69. The van der Waals surface area contributed by atoms with Crippen molar-refractivity contribution in [2.75, 3.05) is 25.9 Å². The highest BCUT2D eigenvalue weighted by Gasteiger charge is 2.13. The molecule has 1 atom stereocenters. The number of likely N-dealkylation sites (N-methyl/N-ethyl adjacent to an activating group) is 1. The second-order valence-corrected chi connectivity index (χ2v) is 5.08. The van der Waals surface area contributed by atoms with Gasteiger partial charge in [-0.25, -0.2) is 0 Å². The zero-order valence-electron chi connectivity index (χ0n) is 12.4. The van der Waals surface area contributed by atoms with E-state index in [1.165, 1.54) is 0 Å². The number of carboxylic acids is 1. The highest BCUT2D eigenvalue weighted by Crippen LogP contribution is 2.23. The van der Waals surface area contributed by atoms with Crippen LogP contribution >= 0.6 is 0 Å². The van der Waals surface area contributed by atoms with Crippen LogP contribution in [0.2, 0.25) is 0 Å². The molecule has 0 spiro atoms. The molecule has 0 heterocycles. The number of ether oxygens (including phenoxy) is 1. The molecule has 0 aliphatic rings. The van der Waals surface area contributed by atoms with Crippen molar-refractivity contribution in [3.05, 3.63) is 23.8 Å². The van der Waals surface area contributed by atoms with Gasteiger partial charge in [0.15, 0.2) is 0 Å². The van der Waals surface area contributed by atoms with E-state index in [2.05, 4.69) is 0 Å². The minimum absolute atomic E-state index is 0.0361. The SMILES string of the molecule is CCCOc1ccc(CC(C)N(C)CC(=O)O)cc1N. The van der Waals surface area contributed by atoms with Crippen LogP contribution in [-0.4, -0.2) is 42.2 Å². The van der Waals surface area contributed by atoms with Crippen molar-refractivity contribution in [2.24, 2.45) is 0 Å². The first-order valence-corrected chi connectivity index (χ1v) is 6.87. The van der Waals surface area contributed by atoms with Crippen LogP contribution in [0.1, 0.15) is 25.8 Å². The molecule has 1 aromatic rings. The Kier molecular flexibility index (Phi) is 6.31. The average molecular weight is 280 g/mol. The molecule has 0 aliphatic carbocycles. The molecule has 1 unspecified atom stereocenters. The fraction of sp³-hybridized carbons (Fsp3) is 0.533. The molecular weight excluding hydrogens is 256 g/mol. The van der Waals surface area contributed by atoms with E-state index in [4.69, 9.17) is 15.6 Å². The molecular formula is C15H24N2O3. The summed E-state index contributed by atoms with van der Waals surface area (Å²) in [4.78, 5) is 12.5. The van der Waals surface area contributed by atoms with E-state index in [1.807, 2.05) is 32.0 Å². The van der Waals surface area contributed by atoms with Gasteiger partial charge in [-0.3, -0.25) is 9.69 Å². The molecule has 5 nitrogen and oxygen atoms in total. The van der Waals surface area contributed by atoms with Crippen molar-refractivity contribution < 1.29 is 14.6 Å². The summed E-state index contributed by atoms with van der Waals surface area (Å²) in [6.45, 7) is 4.74. The molecule has 5 heteroatoms. The molecule has 0 radical (unpaired) electrons. The van der Waals surface area contributed by atoms with Gasteiger partial charge in [-0.15, -0.1) is 0 Å². The lowest BCUT2D eigenvalue weighted by Gasteiger charge is -2.23. The predicted molar refractivity (Wildman–Crippen MR) is 80.1 cm³/mol. The van der Waals surface area contributed by atoms with Gasteiger partial charge in [0.05, 0.1) is 18.8 Å². The van der Waals surface area contributed by atoms with Gasteiger partial charge in [-0.2, -0.15) is 0 Å². The van der Waals surface area contributed by atoms with Crippen molar-refractivity contribution in [1.82, 2.24) is 4.90 Å². The number of rotatable bonds is 8. The average Bonchev–Trinajstić information content (AvgIpc) is 2.37. The fourth-order valence-electron chi connectivity index (χ4n) is 1.93. The summed E-state index contributed by atoms with van der Waals surface area (Å²) in [5, 5.41) is 8.78. The summed E-state index contributed by atoms with van der Waals surface area (Å²) in [5.74, 6) is -0.107. The Morgan fingerprint density at radius 2 is 2.20 bits per heavy atom. The van der Waals surface area contributed by atoms with Crippen molar-refractivity contribution in [2.45, 2.75) is 32.7 Å². The van der Waals surface area contributed by atoms with Crippen molar-refractivity contribution in [3.8, 4) is 5.75 Å². The van der Waals surface area contributed by atoms with Crippen LogP contribution in [-0.2, 0) is 11.2 Å².